The number of non-ortho nitro benzene ring substituents is 1. The number of aliphatic hydroxyl groups excluding tert-OH is 3. The summed E-state index contributed by atoms with van der Waals surface area (Å²) in [4.78, 5) is 77.4. The minimum absolute atomic E-state index is 0.00434. The molecule has 9 rings (SSSR count). The van der Waals surface area contributed by atoms with Gasteiger partial charge in [0.1, 0.15) is 56.0 Å². The fourth-order valence-electron chi connectivity index (χ4n) is 6.97. The van der Waals surface area contributed by atoms with Crippen LogP contribution in [-0.2, 0) is 36.9 Å². The third kappa shape index (κ3) is 11.2. The number of nitrogen functional groups attached to an aromatic ring is 2. The Morgan fingerprint density at radius 2 is 1.24 bits per heavy atom. The molecule has 0 spiro atoms. The summed E-state index contributed by atoms with van der Waals surface area (Å²) in [6.45, 7) is 1.15. The Labute approximate surface area is 409 Å². The monoisotopic (exact) mass is 1040 g/mol. The maximum absolute atomic E-state index is 13.6. The number of hydrogen-bond acceptors (Lipinski definition) is 27. The lowest BCUT2D eigenvalue weighted by Gasteiger charge is -2.25. The molecule has 1 aromatic carbocycles. The van der Waals surface area contributed by atoms with Crippen molar-refractivity contribution in [1.82, 2.24) is 39.0 Å². The molecule has 388 valence electrons. The maximum atomic E-state index is 13.6. The van der Waals surface area contributed by atoms with Crippen LogP contribution in [-0.4, -0.2) is 108 Å². The van der Waals surface area contributed by atoms with Crippen LogP contribution in [0.4, 0.5) is 35.7 Å². The fraction of sp³-hybridized carbons (Fsp3) is 0.333. The van der Waals surface area contributed by atoms with Gasteiger partial charge in [-0.1, -0.05) is 11.8 Å². The van der Waals surface area contributed by atoms with E-state index in [2.05, 4.69) is 55.0 Å². The highest BCUT2D eigenvalue weighted by molar-refractivity contribution is 5.82. The molecule has 7 N–H and O–H groups in total. The number of rotatable bonds is 11. The van der Waals surface area contributed by atoms with Gasteiger partial charge in [0.2, 0.25) is 0 Å². The average molecular weight is 1040 g/mol. The minimum atomic E-state index is -1.74. The largest absolute Gasteiger partial charge is 0.519 e. The van der Waals surface area contributed by atoms with Gasteiger partial charge in [0.05, 0.1) is 17.6 Å². The van der Waals surface area contributed by atoms with E-state index in [1.807, 2.05) is 0 Å². The topological polar surface area (TPSA) is 419 Å². The van der Waals surface area contributed by atoms with E-state index in [1.54, 1.807) is 6.92 Å². The van der Waals surface area contributed by atoms with Crippen LogP contribution in [0.15, 0.2) is 64.2 Å². The van der Waals surface area contributed by atoms with Gasteiger partial charge in [0.15, 0.2) is 69.1 Å². The lowest BCUT2D eigenvalue weighted by Crippen LogP contribution is -2.43. The van der Waals surface area contributed by atoms with E-state index in [9.17, 15) is 48.3 Å². The third-order valence-corrected chi connectivity index (χ3v) is 10.8. The molecule has 7 aromatic rings. The first-order valence-corrected chi connectivity index (χ1v) is 20.8. The van der Waals surface area contributed by atoms with Crippen LogP contribution in [0.1, 0.15) is 48.3 Å². The summed E-state index contributed by atoms with van der Waals surface area (Å²) in [6, 6.07) is 4.72. The summed E-state index contributed by atoms with van der Waals surface area (Å²) in [5.74, 6) is 3.21. The smallest absolute Gasteiger partial charge is 0.430 e. The number of aromatic nitrogens is 8. The Bertz CT molecular complexity index is 3430. The number of aryl methyl sites for hydroxylation is 2. The van der Waals surface area contributed by atoms with E-state index in [4.69, 9.17) is 62.3 Å². The van der Waals surface area contributed by atoms with Crippen molar-refractivity contribution in [3.63, 3.8) is 0 Å². The van der Waals surface area contributed by atoms with Crippen LogP contribution in [0.25, 0.3) is 22.3 Å². The molecule has 0 saturated carbocycles. The molecule has 0 radical (unpaired) electrons. The highest BCUT2D eigenvalue weighted by Crippen LogP contribution is 2.40. The van der Waals surface area contributed by atoms with Crippen molar-refractivity contribution >= 4 is 52.0 Å². The van der Waals surface area contributed by atoms with Gasteiger partial charge in [-0.3, -0.25) is 19.2 Å². The molecule has 0 aliphatic carbocycles. The van der Waals surface area contributed by atoms with Crippen molar-refractivity contribution < 1.29 is 84.7 Å². The van der Waals surface area contributed by atoms with Crippen LogP contribution in [0, 0.1) is 60.8 Å². The van der Waals surface area contributed by atoms with Gasteiger partial charge in [0.25, 0.3) is 5.69 Å². The summed E-state index contributed by atoms with van der Waals surface area (Å²) in [6.07, 6.45) is 4.74. The highest BCUT2D eigenvalue weighted by Gasteiger charge is 2.51. The summed E-state index contributed by atoms with van der Waals surface area (Å²) >= 11 is 0. The highest BCUT2D eigenvalue weighted by atomic mass is 19.1. The molecule has 6 atom stereocenters. The van der Waals surface area contributed by atoms with Gasteiger partial charge in [0, 0.05) is 25.0 Å². The molecule has 0 bridgehead atoms. The van der Waals surface area contributed by atoms with Crippen molar-refractivity contribution in [2.75, 3.05) is 24.7 Å². The van der Waals surface area contributed by atoms with Crippen molar-refractivity contribution in [2.45, 2.75) is 75.8 Å². The number of fused-ring (bicyclic) bond motifs is 2. The van der Waals surface area contributed by atoms with E-state index in [0.29, 0.717) is 5.76 Å². The molecule has 6 aromatic heterocycles. The second-order valence-corrected chi connectivity index (χ2v) is 15.4. The molecule has 2 saturated heterocycles. The molecule has 2 aliphatic rings. The average Bonchev–Trinajstić information content (AvgIpc) is 4.22. The fourth-order valence-corrected chi connectivity index (χ4v) is 6.97. The first-order valence-electron chi connectivity index (χ1n) is 20.8. The van der Waals surface area contributed by atoms with Crippen LogP contribution in [0.2, 0.25) is 0 Å². The zero-order valence-electron chi connectivity index (χ0n) is 38.0. The van der Waals surface area contributed by atoms with Gasteiger partial charge < -0.3 is 72.9 Å². The Hall–Kier alpha value is -9.34. The lowest BCUT2D eigenvalue weighted by molar-refractivity contribution is -0.384. The molecule has 30 nitrogen and oxygen atoms in total. The second-order valence-electron chi connectivity index (χ2n) is 15.4. The number of anilines is 2. The molecule has 2 aliphatic heterocycles. The Balaban J connectivity index is 0.000000185. The standard InChI is InChI=1S/C19H15FN6O7.C18H16FN5O8.C5H6O4/c1-2-19(8-31-18(28)32-11-5-3-10(4-6-11)26(29)30)12(27)7-13(33-19)25-9-22-14-15(21)23-17(20)24-16(14)25;1-3-18(6-29-16(26)28-5-9-8(2)30-17(27)31-9)10(25)4-11(32-18)24-7-21-12-13(20)22-15(19)23-14(12)24;1-3-4(2-6)9-5(7)8-3/h1,3-6,9,12-13,27H,7-8H2,(H2,21,23,24);1,7,10-11,25H,4-6H2,2H3,(H2,20,22,23);6H,2H2,1H3/t12-,13+,19+;10-,11+,18+;/m00./s1. The van der Waals surface area contributed by atoms with Crippen LogP contribution >= 0.6 is 0 Å². The van der Waals surface area contributed by atoms with Crippen molar-refractivity contribution in [1.29, 1.82) is 0 Å². The van der Waals surface area contributed by atoms with E-state index >= 15 is 0 Å². The quantitative estimate of drug-likeness (QED) is 0.0308. The number of aliphatic hydroxyl groups is 3. The molecular weight excluding hydrogens is 1000 g/mol. The number of nitro benzene ring substituents is 1. The van der Waals surface area contributed by atoms with E-state index < -0.39 is 96.7 Å². The van der Waals surface area contributed by atoms with Crippen molar-refractivity contribution in [2.24, 2.45) is 0 Å². The van der Waals surface area contributed by atoms with Crippen molar-refractivity contribution in [3.8, 4) is 30.4 Å². The Morgan fingerprint density at radius 3 is 1.65 bits per heavy atom. The lowest BCUT2D eigenvalue weighted by atomic mass is 9.99. The molecular formula is C42H37F2N11O19. The number of nitrogens with two attached hydrogens (primary N) is 2. The summed E-state index contributed by atoms with van der Waals surface area (Å²) in [5.41, 5.74) is 7.99. The van der Waals surface area contributed by atoms with E-state index in [-0.39, 0.29) is 82.1 Å². The van der Waals surface area contributed by atoms with Gasteiger partial charge in [-0.15, -0.1) is 12.8 Å². The number of hydrogen-bond donors (Lipinski definition) is 5. The Morgan fingerprint density at radius 1 is 0.784 bits per heavy atom. The number of nitrogens with zero attached hydrogens (tertiary/aromatic N) is 9. The van der Waals surface area contributed by atoms with Crippen LogP contribution in [0.3, 0.4) is 0 Å². The first kappa shape index (κ1) is 52.5. The number of halogens is 2. The van der Waals surface area contributed by atoms with Crippen LogP contribution in [0.5, 0.6) is 5.75 Å². The molecule has 0 unspecified atom stereocenters. The maximum Gasteiger partial charge on any atom is 0.519 e. The zero-order chi connectivity index (χ0) is 53.6. The van der Waals surface area contributed by atoms with Crippen molar-refractivity contribution in [3.05, 3.63) is 103 Å². The van der Waals surface area contributed by atoms with Gasteiger partial charge in [-0.2, -0.15) is 28.7 Å². The van der Waals surface area contributed by atoms with Crippen LogP contribution < -0.4 is 27.8 Å². The van der Waals surface area contributed by atoms with E-state index in [0.717, 1.165) is 12.1 Å². The second kappa shape index (κ2) is 21.6. The molecule has 8 heterocycles. The van der Waals surface area contributed by atoms with Gasteiger partial charge in [-0.25, -0.2) is 29.1 Å². The number of ether oxygens (including phenoxy) is 6. The predicted molar refractivity (Wildman–Crippen MR) is 235 cm³/mol. The van der Waals surface area contributed by atoms with Gasteiger partial charge in [-0.05, 0) is 26.0 Å². The first-order chi connectivity index (χ1) is 35.2. The predicted octanol–water partition coefficient (Wildman–Crippen LogP) is 1.76. The normalized spacial score (nSPS) is 20.9. The molecule has 2 fully saturated rings. The third-order valence-electron chi connectivity index (χ3n) is 10.8. The number of carbonyl (C=O) groups excluding carboxylic acids is 2. The molecule has 74 heavy (non-hydrogen) atoms. The number of carbonyl (C=O) groups is 2. The summed E-state index contributed by atoms with van der Waals surface area (Å²) in [5, 5.41) is 40.2. The number of imidazole rings is 2. The Kier molecular flexibility index (Phi) is 15.3. The van der Waals surface area contributed by atoms with Gasteiger partial charge >= 0.3 is 36.1 Å². The summed E-state index contributed by atoms with van der Waals surface area (Å²) < 4.78 is 79.4. The molecule has 32 heteroatoms. The number of benzene rings is 1. The zero-order valence-corrected chi connectivity index (χ0v) is 38.0. The number of nitro groups is 1. The van der Waals surface area contributed by atoms with E-state index in [1.165, 1.54) is 40.8 Å². The SMILES string of the molecule is C#C[C@]1(COC(=O)OCc2oc(=O)oc2C)O[C@@H](n2cnc3c(N)nc(F)nc32)C[C@@H]1O.C#C[C@]1(COC(=O)Oc2ccc([N+](=O)[O-])cc2)O[C@@H](n2cnc3c(N)nc(F)nc32)C[C@@H]1O.Cc1oc(=O)oc1CO. The molecule has 0 amide bonds. The minimum Gasteiger partial charge on any atom is -0.430 e. The summed E-state index contributed by atoms with van der Waals surface area (Å²) in [7, 11) is 0. The number of terminal acetylenes is 2.